The van der Waals surface area contributed by atoms with E-state index >= 15 is 0 Å². The number of hydrogen-bond donors (Lipinski definition) is 0. The summed E-state index contributed by atoms with van der Waals surface area (Å²) in [5, 5.41) is 0. The largest absolute Gasteiger partial charge is 0.260 e. The van der Waals surface area contributed by atoms with Crippen LogP contribution < -0.4 is 0 Å². The van der Waals surface area contributed by atoms with Gasteiger partial charge in [-0.15, -0.1) is 0 Å². The second kappa shape index (κ2) is 10.5. The van der Waals surface area contributed by atoms with Gasteiger partial charge in [-0.1, -0.05) is 58.3 Å². The smallest absolute Gasteiger partial charge is 0.0545 e. The van der Waals surface area contributed by atoms with Crippen LogP contribution in [0.3, 0.4) is 0 Å². The van der Waals surface area contributed by atoms with Gasteiger partial charge >= 0.3 is 0 Å². The minimum atomic E-state index is 1.11. The number of unbranched alkanes of at least 4 members (excludes halogenated alkanes) is 8. The van der Waals surface area contributed by atoms with E-state index in [0.29, 0.717) is 0 Å². The molecular formula is C16H26BrN. The lowest BCUT2D eigenvalue weighted by atomic mass is 10.1. The minimum Gasteiger partial charge on any atom is -0.260 e. The molecule has 1 heterocycles. The topological polar surface area (TPSA) is 12.9 Å². The van der Waals surface area contributed by atoms with E-state index in [0.717, 1.165) is 10.9 Å². The first kappa shape index (κ1) is 15.7. The third kappa shape index (κ3) is 7.15. The van der Waals surface area contributed by atoms with Gasteiger partial charge in [-0.25, -0.2) is 0 Å². The summed E-state index contributed by atoms with van der Waals surface area (Å²) >= 11 is 3.55. The zero-order valence-corrected chi connectivity index (χ0v) is 13.2. The molecule has 0 saturated heterocycles. The van der Waals surface area contributed by atoms with Gasteiger partial charge < -0.3 is 0 Å². The van der Waals surface area contributed by atoms with Crippen molar-refractivity contribution < 1.29 is 0 Å². The molecule has 0 aliphatic rings. The molecule has 0 aromatic carbocycles. The van der Waals surface area contributed by atoms with E-state index in [2.05, 4.69) is 33.9 Å². The summed E-state index contributed by atoms with van der Waals surface area (Å²) in [6.45, 7) is 2.27. The summed E-state index contributed by atoms with van der Waals surface area (Å²) in [5.74, 6) is 0. The van der Waals surface area contributed by atoms with Crippen molar-refractivity contribution in [2.75, 3.05) is 0 Å². The molecule has 0 fully saturated rings. The maximum atomic E-state index is 4.40. The predicted molar refractivity (Wildman–Crippen MR) is 82.9 cm³/mol. The molecule has 0 spiro atoms. The number of aromatic nitrogens is 1. The molecule has 18 heavy (non-hydrogen) atoms. The summed E-state index contributed by atoms with van der Waals surface area (Å²) in [7, 11) is 0. The lowest BCUT2D eigenvalue weighted by Crippen LogP contribution is -1.91. The van der Waals surface area contributed by atoms with Gasteiger partial charge in [-0.2, -0.15) is 0 Å². The molecule has 1 aromatic rings. The van der Waals surface area contributed by atoms with Crippen LogP contribution in [-0.4, -0.2) is 4.98 Å². The zero-order chi connectivity index (χ0) is 13.1. The van der Waals surface area contributed by atoms with E-state index in [1.807, 2.05) is 12.3 Å². The summed E-state index contributed by atoms with van der Waals surface area (Å²) in [6, 6.07) is 4.06. The number of rotatable bonds is 10. The van der Waals surface area contributed by atoms with Gasteiger partial charge in [0.15, 0.2) is 0 Å². The fourth-order valence-corrected chi connectivity index (χ4v) is 2.66. The van der Waals surface area contributed by atoms with Gasteiger partial charge in [0.1, 0.15) is 0 Å². The SMILES string of the molecule is CCCCCCCCCCCc1ncccc1Br. The molecule has 0 atom stereocenters. The Balaban J connectivity index is 1.94. The lowest BCUT2D eigenvalue weighted by Gasteiger charge is -2.03. The number of aryl methyl sites for hydroxylation is 1. The van der Waals surface area contributed by atoms with Crippen molar-refractivity contribution in [2.24, 2.45) is 0 Å². The first-order valence-corrected chi connectivity index (χ1v) is 8.23. The van der Waals surface area contributed by atoms with Crippen LogP contribution in [0.5, 0.6) is 0 Å². The van der Waals surface area contributed by atoms with Gasteiger partial charge in [0.05, 0.1) is 5.69 Å². The summed E-state index contributed by atoms with van der Waals surface area (Å²) in [6.07, 6.45) is 15.4. The molecule has 2 heteroatoms. The van der Waals surface area contributed by atoms with Crippen LogP contribution >= 0.6 is 15.9 Å². The molecule has 0 aliphatic heterocycles. The number of hydrogen-bond acceptors (Lipinski definition) is 1. The van der Waals surface area contributed by atoms with Crippen LogP contribution in [0.1, 0.15) is 70.4 Å². The number of pyridine rings is 1. The minimum absolute atomic E-state index is 1.11. The zero-order valence-electron chi connectivity index (χ0n) is 11.6. The summed E-state index contributed by atoms with van der Waals surface area (Å²) < 4.78 is 1.16. The highest BCUT2D eigenvalue weighted by Crippen LogP contribution is 2.16. The Bertz CT molecular complexity index is 312. The highest BCUT2D eigenvalue weighted by Gasteiger charge is 1.99. The standard InChI is InChI=1S/C16H26BrN/c1-2-3-4-5-6-7-8-9-10-13-16-15(17)12-11-14-18-16/h11-12,14H,2-10,13H2,1H3. The van der Waals surface area contributed by atoms with Crippen molar-refractivity contribution in [3.8, 4) is 0 Å². The molecule has 0 amide bonds. The second-order valence-corrected chi connectivity index (χ2v) is 5.86. The van der Waals surface area contributed by atoms with Gasteiger partial charge in [-0.3, -0.25) is 4.98 Å². The molecule has 102 valence electrons. The van der Waals surface area contributed by atoms with Gasteiger partial charge in [0.2, 0.25) is 0 Å². The van der Waals surface area contributed by atoms with Crippen LogP contribution in [0.4, 0.5) is 0 Å². The molecule has 1 aromatic heterocycles. The van der Waals surface area contributed by atoms with Crippen LogP contribution in [0, 0.1) is 0 Å². The molecule has 1 nitrogen and oxygen atoms in total. The normalized spacial score (nSPS) is 10.8. The number of halogens is 1. The molecule has 0 radical (unpaired) electrons. The van der Waals surface area contributed by atoms with Gasteiger partial charge in [0.25, 0.3) is 0 Å². The van der Waals surface area contributed by atoms with Crippen LogP contribution in [0.25, 0.3) is 0 Å². The Morgan fingerprint density at radius 3 is 2.17 bits per heavy atom. The van der Waals surface area contributed by atoms with E-state index < -0.39 is 0 Å². The quantitative estimate of drug-likeness (QED) is 0.489. The Hall–Kier alpha value is -0.370. The van der Waals surface area contributed by atoms with Crippen LogP contribution in [0.15, 0.2) is 22.8 Å². The first-order valence-electron chi connectivity index (χ1n) is 7.44. The molecular weight excluding hydrogens is 286 g/mol. The van der Waals surface area contributed by atoms with Crippen LogP contribution in [0.2, 0.25) is 0 Å². The van der Waals surface area contributed by atoms with E-state index in [4.69, 9.17) is 0 Å². The van der Waals surface area contributed by atoms with Crippen molar-refractivity contribution in [1.82, 2.24) is 4.98 Å². The third-order valence-electron chi connectivity index (χ3n) is 3.35. The molecule has 0 saturated carbocycles. The summed E-state index contributed by atoms with van der Waals surface area (Å²) in [4.78, 5) is 4.40. The Kier molecular flexibility index (Phi) is 9.19. The highest BCUT2D eigenvalue weighted by molar-refractivity contribution is 9.10. The Labute approximate surface area is 121 Å². The van der Waals surface area contributed by atoms with E-state index in [9.17, 15) is 0 Å². The van der Waals surface area contributed by atoms with Crippen LogP contribution in [-0.2, 0) is 6.42 Å². The van der Waals surface area contributed by atoms with Crippen molar-refractivity contribution >= 4 is 15.9 Å². The van der Waals surface area contributed by atoms with Gasteiger partial charge in [0, 0.05) is 10.7 Å². The number of nitrogens with zero attached hydrogens (tertiary/aromatic N) is 1. The molecule has 1 rings (SSSR count). The molecule has 0 bridgehead atoms. The second-order valence-electron chi connectivity index (χ2n) is 5.01. The maximum Gasteiger partial charge on any atom is 0.0545 e. The maximum absolute atomic E-state index is 4.40. The molecule has 0 N–H and O–H groups in total. The average Bonchev–Trinajstić information content (AvgIpc) is 2.39. The molecule has 0 unspecified atom stereocenters. The molecule has 0 aliphatic carbocycles. The third-order valence-corrected chi connectivity index (χ3v) is 4.07. The highest BCUT2D eigenvalue weighted by atomic mass is 79.9. The average molecular weight is 312 g/mol. The van der Waals surface area contributed by atoms with Crippen molar-refractivity contribution in [3.05, 3.63) is 28.5 Å². The fourth-order valence-electron chi connectivity index (χ4n) is 2.21. The van der Waals surface area contributed by atoms with Crippen molar-refractivity contribution in [2.45, 2.75) is 71.1 Å². The Morgan fingerprint density at radius 2 is 1.56 bits per heavy atom. The monoisotopic (exact) mass is 311 g/mol. The van der Waals surface area contributed by atoms with E-state index in [1.54, 1.807) is 0 Å². The Morgan fingerprint density at radius 1 is 0.944 bits per heavy atom. The lowest BCUT2D eigenvalue weighted by molar-refractivity contribution is 0.563. The predicted octanol–water partition coefficient (Wildman–Crippen LogP) is 5.92. The first-order chi connectivity index (χ1) is 8.84. The van der Waals surface area contributed by atoms with E-state index in [-0.39, 0.29) is 0 Å². The summed E-state index contributed by atoms with van der Waals surface area (Å²) in [5.41, 5.74) is 1.21. The fraction of sp³-hybridized carbons (Fsp3) is 0.688. The van der Waals surface area contributed by atoms with Crippen molar-refractivity contribution in [1.29, 1.82) is 0 Å². The van der Waals surface area contributed by atoms with E-state index in [1.165, 1.54) is 63.5 Å². The van der Waals surface area contributed by atoms with Gasteiger partial charge in [-0.05, 0) is 40.9 Å². The van der Waals surface area contributed by atoms with Crippen molar-refractivity contribution in [3.63, 3.8) is 0 Å².